The maximum atomic E-state index is 14.6. The van der Waals surface area contributed by atoms with Gasteiger partial charge in [-0.2, -0.15) is 0 Å². The highest BCUT2D eigenvalue weighted by Crippen LogP contribution is 2.29. The number of sulfonamides is 1. The summed E-state index contributed by atoms with van der Waals surface area (Å²) in [6.07, 6.45) is 0.872. The molecule has 0 aromatic heterocycles. The first-order valence-electron chi connectivity index (χ1n) is 14.7. The molecule has 0 aliphatic heterocycles. The van der Waals surface area contributed by atoms with E-state index in [1.807, 2.05) is 57.2 Å². The van der Waals surface area contributed by atoms with Crippen LogP contribution in [0.2, 0.25) is 10.0 Å². The van der Waals surface area contributed by atoms with E-state index >= 15 is 0 Å². The molecule has 0 saturated heterocycles. The normalized spacial score (nSPS) is 12.6. The van der Waals surface area contributed by atoms with Crippen molar-refractivity contribution in [2.45, 2.75) is 57.1 Å². The molecule has 0 radical (unpaired) electrons. The Morgan fingerprint density at radius 3 is 2.04 bits per heavy atom. The van der Waals surface area contributed by atoms with Gasteiger partial charge in [-0.1, -0.05) is 96.9 Å². The smallest absolute Gasteiger partial charge is 0.264 e. The number of benzene rings is 4. The van der Waals surface area contributed by atoms with E-state index in [-0.39, 0.29) is 29.8 Å². The van der Waals surface area contributed by atoms with Gasteiger partial charge in [-0.25, -0.2) is 8.42 Å². The van der Waals surface area contributed by atoms with Gasteiger partial charge in [-0.15, -0.1) is 0 Å². The van der Waals surface area contributed by atoms with Crippen LogP contribution in [-0.2, 0) is 32.6 Å². The summed E-state index contributed by atoms with van der Waals surface area (Å²) in [7, 11) is -4.18. The van der Waals surface area contributed by atoms with Crippen molar-refractivity contribution in [2.75, 3.05) is 10.8 Å². The van der Waals surface area contributed by atoms with E-state index in [1.54, 1.807) is 54.6 Å². The Labute approximate surface area is 275 Å². The van der Waals surface area contributed by atoms with Crippen LogP contribution in [0, 0.1) is 6.92 Å². The van der Waals surface area contributed by atoms with Gasteiger partial charge in [0.15, 0.2) is 0 Å². The number of hydrogen-bond donors (Lipinski definition) is 1. The van der Waals surface area contributed by atoms with Crippen molar-refractivity contribution in [3.63, 3.8) is 0 Å². The van der Waals surface area contributed by atoms with Crippen molar-refractivity contribution in [3.05, 3.63) is 130 Å². The van der Waals surface area contributed by atoms with Crippen molar-refractivity contribution in [1.29, 1.82) is 0 Å². The fourth-order valence-corrected chi connectivity index (χ4v) is 6.82. The molecule has 0 aliphatic rings. The van der Waals surface area contributed by atoms with Crippen LogP contribution in [0.25, 0.3) is 0 Å². The number of aryl methyl sites for hydroxylation is 1. The van der Waals surface area contributed by atoms with Crippen LogP contribution in [0.1, 0.15) is 37.0 Å². The highest BCUT2D eigenvalue weighted by atomic mass is 35.5. The molecule has 7 nitrogen and oxygen atoms in total. The lowest BCUT2D eigenvalue weighted by molar-refractivity contribution is -0.140. The lowest BCUT2D eigenvalue weighted by atomic mass is 10.0. The second-order valence-corrected chi connectivity index (χ2v) is 13.6. The monoisotopic (exact) mass is 665 g/mol. The number of hydrogen-bond acceptors (Lipinski definition) is 4. The van der Waals surface area contributed by atoms with E-state index in [0.29, 0.717) is 27.7 Å². The molecule has 0 fully saturated rings. The number of anilines is 1. The molecule has 0 saturated carbocycles. The third kappa shape index (κ3) is 8.66. The molecule has 2 atom stereocenters. The summed E-state index contributed by atoms with van der Waals surface area (Å²) < 4.78 is 29.3. The fourth-order valence-electron chi connectivity index (χ4n) is 4.88. The van der Waals surface area contributed by atoms with E-state index in [1.165, 1.54) is 17.0 Å². The number of rotatable bonds is 13. The zero-order chi connectivity index (χ0) is 32.6. The molecule has 236 valence electrons. The third-order valence-corrected chi connectivity index (χ3v) is 10.1. The Balaban J connectivity index is 1.84. The second-order valence-electron chi connectivity index (χ2n) is 10.9. The van der Waals surface area contributed by atoms with Gasteiger partial charge in [0.05, 0.1) is 10.6 Å². The van der Waals surface area contributed by atoms with Crippen molar-refractivity contribution in [1.82, 2.24) is 10.2 Å². The van der Waals surface area contributed by atoms with Gasteiger partial charge in [0.1, 0.15) is 12.6 Å². The summed E-state index contributed by atoms with van der Waals surface area (Å²) in [5, 5.41) is 3.67. The lowest BCUT2D eigenvalue weighted by Gasteiger charge is -2.34. The molecule has 0 aliphatic carbocycles. The first kappa shape index (κ1) is 34.0. The Morgan fingerprint density at radius 2 is 1.44 bits per heavy atom. The average Bonchev–Trinajstić information content (AvgIpc) is 3.03. The molecule has 1 N–H and O–H groups in total. The zero-order valence-corrected chi connectivity index (χ0v) is 27.8. The Morgan fingerprint density at radius 1 is 0.844 bits per heavy atom. The van der Waals surface area contributed by atoms with E-state index < -0.39 is 28.5 Å². The standard InChI is InChI=1S/C35H37Cl2N3O4S/c1-4-26(3)38-35(42)33(22-27-14-7-5-8-15-27)39(23-30-31(36)19-12-20-32(30)37)34(41)24-40(28-16-11-13-25(2)21-28)45(43,44)29-17-9-6-10-18-29/h5-21,26,33H,4,22-24H2,1-3H3,(H,38,42)/t26-,33+/m1/s1. The molecule has 4 aromatic carbocycles. The first-order chi connectivity index (χ1) is 21.5. The molecule has 0 heterocycles. The number of carbonyl (C=O) groups excluding carboxylic acids is 2. The van der Waals surface area contributed by atoms with Gasteiger partial charge in [0, 0.05) is 34.6 Å². The lowest BCUT2D eigenvalue weighted by Crippen LogP contribution is -2.54. The van der Waals surface area contributed by atoms with E-state index in [2.05, 4.69) is 5.32 Å². The maximum absolute atomic E-state index is 14.6. The topological polar surface area (TPSA) is 86.8 Å². The highest BCUT2D eigenvalue weighted by Gasteiger charge is 2.35. The van der Waals surface area contributed by atoms with Gasteiger partial charge in [0.2, 0.25) is 11.8 Å². The summed E-state index contributed by atoms with van der Waals surface area (Å²) in [5.41, 5.74) is 2.43. The van der Waals surface area contributed by atoms with Gasteiger partial charge < -0.3 is 10.2 Å². The fraction of sp³-hybridized carbons (Fsp3) is 0.257. The minimum atomic E-state index is -4.18. The third-order valence-electron chi connectivity index (χ3n) is 7.56. The minimum absolute atomic E-state index is 0.0374. The number of amides is 2. The molecule has 4 aromatic rings. The van der Waals surface area contributed by atoms with Gasteiger partial charge >= 0.3 is 0 Å². The Bertz CT molecular complexity index is 1700. The largest absolute Gasteiger partial charge is 0.352 e. The molecular formula is C35H37Cl2N3O4S. The Kier molecular flexibility index (Phi) is 11.7. The van der Waals surface area contributed by atoms with Gasteiger partial charge in [-0.3, -0.25) is 13.9 Å². The number of nitrogens with one attached hydrogen (secondary N) is 1. The van der Waals surface area contributed by atoms with Crippen molar-refractivity contribution in [2.24, 2.45) is 0 Å². The van der Waals surface area contributed by atoms with Gasteiger partial charge in [0.25, 0.3) is 10.0 Å². The van der Waals surface area contributed by atoms with Crippen LogP contribution in [0.15, 0.2) is 108 Å². The van der Waals surface area contributed by atoms with Crippen LogP contribution >= 0.6 is 23.2 Å². The van der Waals surface area contributed by atoms with Crippen LogP contribution in [0.4, 0.5) is 5.69 Å². The average molecular weight is 667 g/mol. The molecule has 0 unspecified atom stereocenters. The highest BCUT2D eigenvalue weighted by molar-refractivity contribution is 7.92. The van der Waals surface area contributed by atoms with E-state index in [9.17, 15) is 18.0 Å². The molecular weight excluding hydrogens is 629 g/mol. The first-order valence-corrected chi connectivity index (χ1v) is 16.9. The van der Waals surface area contributed by atoms with Crippen molar-refractivity contribution in [3.8, 4) is 0 Å². The Hall–Kier alpha value is -3.85. The van der Waals surface area contributed by atoms with Crippen molar-refractivity contribution >= 4 is 50.7 Å². The number of halogens is 2. The predicted molar refractivity (Wildman–Crippen MR) is 181 cm³/mol. The predicted octanol–water partition coefficient (Wildman–Crippen LogP) is 7.05. The second kappa shape index (κ2) is 15.4. The maximum Gasteiger partial charge on any atom is 0.264 e. The van der Waals surface area contributed by atoms with Crippen LogP contribution in [-0.4, -0.2) is 43.8 Å². The summed E-state index contributed by atoms with van der Waals surface area (Å²) in [5.74, 6) is -0.954. The molecule has 10 heteroatoms. The summed E-state index contributed by atoms with van der Waals surface area (Å²) in [4.78, 5) is 29.9. The van der Waals surface area contributed by atoms with Crippen molar-refractivity contribution < 1.29 is 18.0 Å². The van der Waals surface area contributed by atoms with Crippen LogP contribution in [0.5, 0.6) is 0 Å². The quantitative estimate of drug-likeness (QED) is 0.166. The van der Waals surface area contributed by atoms with Gasteiger partial charge in [-0.05, 0) is 67.8 Å². The molecule has 2 amide bonds. The van der Waals surface area contributed by atoms with E-state index in [4.69, 9.17) is 23.2 Å². The number of carbonyl (C=O) groups is 2. The SMILES string of the molecule is CC[C@@H](C)NC(=O)[C@H](Cc1ccccc1)N(Cc1c(Cl)cccc1Cl)C(=O)CN(c1cccc(C)c1)S(=O)(=O)c1ccccc1. The molecule has 4 rings (SSSR count). The molecule has 45 heavy (non-hydrogen) atoms. The summed E-state index contributed by atoms with van der Waals surface area (Å²) in [6, 6.07) is 28.1. The summed E-state index contributed by atoms with van der Waals surface area (Å²) in [6.45, 7) is 5.01. The minimum Gasteiger partial charge on any atom is -0.352 e. The molecule has 0 bridgehead atoms. The van der Waals surface area contributed by atoms with Crippen LogP contribution in [0.3, 0.4) is 0 Å². The number of nitrogens with zero attached hydrogens (tertiary/aromatic N) is 2. The van der Waals surface area contributed by atoms with E-state index in [0.717, 1.165) is 15.4 Å². The van der Waals surface area contributed by atoms with Crippen LogP contribution < -0.4 is 9.62 Å². The summed E-state index contributed by atoms with van der Waals surface area (Å²) >= 11 is 13.1. The zero-order valence-electron chi connectivity index (χ0n) is 25.5. The molecule has 0 spiro atoms.